The van der Waals surface area contributed by atoms with Crippen molar-refractivity contribution < 1.29 is 0 Å². The van der Waals surface area contributed by atoms with E-state index in [0.29, 0.717) is 0 Å². The van der Waals surface area contributed by atoms with Gasteiger partial charge < -0.3 is 9.80 Å². The second kappa shape index (κ2) is 5.31. The van der Waals surface area contributed by atoms with E-state index in [1.54, 1.807) is 5.56 Å². The standard InChI is InChI=1S/C16H24N2/c1-2-10-17-11-8-15(9-12-17)18-13-7-14-5-3-4-6-16(14)18/h3-6,15H,2,7-13H2,1H3. The van der Waals surface area contributed by atoms with Crippen LogP contribution in [0.25, 0.3) is 0 Å². The Morgan fingerprint density at radius 3 is 2.67 bits per heavy atom. The fourth-order valence-corrected chi connectivity index (χ4v) is 3.51. The molecule has 1 aromatic rings. The molecule has 2 aliphatic rings. The molecule has 2 nitrogen and oxygen atoms in total. The van der Waals surface area contributed by atoms with Crippen LogP contribution in [0.15, 0.2) is 24.3 Å². The molecule has 0 atom stereocenters. The third kappa shape index (κ3) is 2.26. The Kier molecular flexibility index (Phi) is 3.55. The molecule has 2 aliphatic heterocycles. The smallest absolute Gasteiger partial charge is 0.0402 e. The summed E-state index contributed by atoms with van der Waals surface area (Å²) in [5.41, 5.74) is 3.06. The summed E-state index contributed by atoms with van der Waals surface area (Å²) in [5.74, 6) is 0. The molecule has 0 N–H and O–H groups in total. The van der Waals surface area contributed by atoms with E-state index in [4.69, 9.17) is 0 Å². The maximum absolute atomic E-state index is 2.67. The quantitative estimate of drug-likeness (QED) is 0.806. The molecule has 1 saturated heterocycles. The predicted molar refractivity (Wildman–Crippen MR) is 77.2 cm³/mol. The SMILES string of the molecule is CCCN1CCC(N2CCc3ccccc32)CC1. The third-order valence-electron chi connectivity index (χ3n) is 4.46. The zero-order valence-corrected chi connectivity index (χ0v) is 11.4. The highest BCUT2D eigenvalue weighted by Crippen LogP contribution is 2.32. The van der Waals surface area contributed by atoms with Crippen molar-refractivity contribution >= 4 is 5.69 Å². The number of benzene rings is 1. The van der Waals surface area contributed by atoms with Crippen molar-refractivity contribution in [2.75, 3.05) is 31.1 Å². The number of piperidine rings is 1. The van der Waals surface area contributed by atoms with Gasteiger partial charge in [-0.15, -0.1) is 0 Å². The van der Waals surface area contributed by atoms with Gasteiger partial charge in [0.2, 0.25) is 0 Å². The van der Waals surface area contributed by atoms with Crippen LogP contribution in [0.5, 0.6) is 0 Å². The number of hydrogen-bond donors (Lipinski definition) is 0. The van der Waals surface area contributed by atoms with Gasteiger partial charge in [-0.25, -0.2) is 0 Å². The summed E-state index contributed by atoms with van der Waals surface area (Å²) in [4.78, 5) is 5.29. The number of anilines is 1. The monoisotopic (exact) mass is 244 g/mol. The van der Waals surface area contributed by atoms with Gasteiger partial charge in [-0.3, -0.25) is 0 Å². The maximum atomic E-state index is 2.67. The molecule has 2 heterocycles. The molecule has 18 heavy (non-hydrogen) atoms. The molecule has 0 radical (unpaired) electrons. The largest absolute Gasteiger partial charge is 0.368 e. The van der Waals surface area contributed by atoms with E-state index < -0.39 is 0 Å². The van der Waals surface area contributed by atoms with E-state index in [-0.39, 0.29) is 0 Å². The fourth-order valence-electron chi connectivity index (χ4n) is 3.51. The predicted octanol–water partition coefficient (Wildman–Crippen LogP) is 2.92. The van der Waals surface area contributed by atoms with E-state index in [2.05, 4.69) is 41.0 Å². The van der Waals surface area contributed by atoms with Crippen LogP contribution >= 0.6 is 0 Å². The molecule has 0 unspecified atom stereocenters. The van der Waals surface area contributed by atoms with Gasteiger partial charge in [-0.05, 0) is 43.9 Å². The molecule has 0 amide bonds. The lowest BCUT2D eigenvalue weighted by molar-refractivity contribution is 0.210. The highest BCUT2D eigenvalue weighted by molar-refractivity contribution is 5.58. The second-order valence-corrected chi connectivity index (χ2v) is 5.64. The number of nitrogens with zero attached hydrogens (tertiary/aromatic N) is 2. The zero-order chi connectivity index (χ0) is 12.4. The van der Waals surface area contributed by atoms with Crippen molar-refractivity contribution in [1.82, 2.24) is 4.90 Å². The molecular weight excluding hydrogens is 220 g/mol. The van der Waals surface area contributed by atoms with Crippen LogP contribution in [0.2, 0.25) is 0 Å². The first kappa shape index (κ1) is 12.0. The van der Waals surface area contributed by atoms with E-state index in [0.717, 1.165) is 6.04 Å². The first-order valence-corrected chi connectivity index (χ1v) is 7.45. The summed E-state index contributed by atoms with van der Waals surface area (Å²) in [5, 5.41) is 0. The summed E-state index contributed by atoms with van der Waals surface area (Å²) in [6.07, 6.45) is 5.21. The normalized spacial score (nSPS) is 21.3. The molecule has 0 saturated carbocycles. The number of para-hydroxylation sites is 1. The Bertz CT molecular complexity index is 394. The summed E-state index contributed by atoms with van der Waals surface area (Å²) >= 11 is 0. The van der Waals surface area contributed by atoms with Crippen LogP contribution in [0.3, 0.4) is 0 Å². The highest BCUT2D eigenvalue weighted by atomic mass is 15.2. The second-order valence-electron chi connectivity index (χ2n) is 5.64. The van der Waals surface area contributed by atoms with Crippen molar-refractivity contribution in [2.24, 2.45) is 0 Å². The minimum absolute atomic E-state index is 0.779. The van der Waals surface area contributed by atoms with E-state index in [9.17, 15) is 0 Å². The molecule has 0 aliphatic carbocycles. The van der Waals surface area contributed by atoms with E-state index in [1.165, 1.54) is 57.5 Å². The molecule has 98 valence electrons. The number of likely N-dealkylation sites (tertiary alicyclic amines) is 1. The van der Waals surface area contributed by atoms with Crippen LogP contribution in [0.4, 0.5) is 5.69 Å². The Morgan fingerprint density at radius 1 is 1.11 bits per heavy atom. The van der Waals surface area contributed by atoms with Gasteiger partial charge in [-0.2, -0.15) is 0 Å². The maximum Gasteiger partial charge on any atom is 0.0402 e. The van der Waals surface area contributed by atoms with Crippen LogP contribution < -0.4 is 4.90 Å². The Labute approximate surface area is 111 Å². The van der Waals surface area contributed by atoms with Gasteiger partial charge in [0.25, 0.3) is 0 Å². The van der Waals surface area contributed by atoms with Crippen molar-refractivity contribution in [3.63, 3.8) is 0 Å². The van der Waals surface area contributed by atoms with Gasteiger partial charge in [0.05, 0.1) is 0 Å². The first-order chi connectivity index (χ1) is 8.88. The summed E-state index contributed by atoms with van der Waals surface area (Å²) in [7, 11) is 0. The highest BCUT2D eigenvalue weighted by Gasteiger charge is 2.28. The topological polar surface area (TPSA) is 6.48 Å². The van der Waals surface area contributed by atoms with Crippen molar-refractivity contribution in [1.29, 1.82) is 0 Å². The Balaban J connectivity index is 1.64. The van der Waals surface area contributed by atoms with Gasteiger partial charge in [0.1, 0.15) is 0 Å². The lowest BCUT2D eigenvalue weighted by Gasteiger charge is -2.38. The molecule has 3 rings (SSSR count). The number of fused-ring (bicyclic) bond motifs is 1. The molecule has 2 heteroatoms. The average molecular weight is 244 g/mol. The van der Waals surface area contributed by atoms with Crippen molar-refractivity contribution in [3.8, 4) is 0 Å². The van der Waals surface area contributed by atoms with Crippen molar-refractivity contribution in [3.05, 3.63) is 29.8 Å². The fraction of sp³-hybridized carbons (Fsp3) is 0.625. The lowest BCUT2D eigenvalue weighted by Crippen LogP contribution is -2.44. The van der Waals surface area contributed by atoms with Crippen LogP contribution in [-0.2, 0) is 6.42 Å². The molecule has 0 aromatic heterocycles. The van der Waals surface area contributed by atoms with Gasteiger partial charge in [-0.1, -0.05) is 25.1 Å². The number of rotatable bonds is 3. The molecule has 0 spiro atoms. The van der Waals surface area contributed by atoms with Gasteiger partial charge in [0.15, 0.2) is 0 Å². The summed E-state index contributed by atoms with van der Waals surface area (Å²) in [6.45, 7) is 7.37. The van der Waals surface area contributed by atoms with Crippen LogP contribution in [-0.4, -0.2) is 37.1 Å². The third-order valence-corrected chi connectivity index (χ3v) is 4.46. The van der Waals surface area contributed by atoms with Crippen LogP contribution in [0, 0.1) is 0 Å². The molecule has 1 fully saturated rings. The van der Waals surface area contributed by atoms with Crippen LogP contribution in [0.1, 0.15) is 31.7 Å². The Morgan fingerprint density at radius 2 is 1.89 bits per heavy atom. The zero-order valence-electron chi connectivity index (χ0n) is 11.4. The first-order valence-electron chi connectivity index (χ1n) is 7.45. The van der Waals surface area contributed by atoms with Crippen molar-refractivity contribution in [2.45, 2.75) is 38.6 Å². The van der Waals surface area contributed by atoms with E-state index in [1.807, 2.05) is 0 Å². The minimum atomic E-state index is 0.779. The molecular formula is C16H24N2. The average Bonchev–Trinajstić information content (AvgIpc) is 2.84. The molecule has 1 aromatic carbocycles. The molecule has 0 bridgehead atoms. The number of hydrogen-bond acceptors (Lipinski definition) is 2. The van der Waals surface area contributed by atoms with E-state index >= 15 is 0 Å². The summed E-state index contributed by atoms with van der Waals surface area (Å²) in [6, 6.07) is 9.74. The van der Waals surface area contributed by atoms with Gasteiger partial charge in [0, 0.05) is 31.4 Å². The minimum Gasteiger partial charge on any atom is -0.368 e. The van der Waals surface area contributed by atoms with Gasteiger partial charge >= 0.3 is 0 Å². The Hall–Kier alpha value is -1.02. The summed E-state index contributed by atoms with van der Waals surface area (Å²) < 4.78 is 0. The lowest BCUT2D eigenvalue weighted by atomic mass is 10.0.